The quantitative estimate of drug-likeness (QED) is 0.899. The molecule has 5 heteroatoms. The second kappa shape index (κ2) is 5.16. The molecular weight excluding hydrogens is 226 g/mol. The van der Waals surface area contributed by atoms with E-state index in [0.717, 1.165) is 29.4 Å². The predicted molar refractivity (Wildman–Crippen MR) is 72.1 cm³/mol. The van der Waals surface area contributed by atoms with E-state index in [4.69, 9.17) is 0 Å². The molecule has 5 nitrogen and oxygen atoms in total. The van der Waals surface area contributed by atoms with Gasteiger partial charge in [-0.3, -0.25) is 0 Å². The molecule has 2 rings (SSSR count). The van der Waals surface area contributed by atoms with Crippen LogP contribution in [0.2, 0.25) is 0 Å². The standard InChI is InChI=1S/C13H19N5/c1-5-14-12-10(4)13(16-8-15-12)18-7-6-11(17-18)9(2)3/h6-9H,5H2,1-4H3,(H,14,15,16). The number of nitrogens with zero attached hydrogens (tertiary/aromatic N) is 4. The van der Waals surface area contributed by atoms with Crippen molar-refractivity contribution in [3.05, 3.63) is 29.8 Å². The summed E-state index contributed by atoms with van der Waals surface area (Å²) < 4.78 is 1.81. The number of hydrogen-bond acceptors (Lipinski definition) is 4. The van der Waals surface area contributed by atoms with Crippen LogP contribution in [0.15, 0.2) is 18.6 Å². The second-order valence-electron chi connectivity index (χ2n) is 4.54. The molecule has 0 aliphatic rings. The summed E-state index contributed by atoms with van der Waals surface area (Å²) in [5.41, 5.74) is 2.08. The Morgan fingerprint density at radius 1 is 1.33 bits per heavy atom. The van der Waals surface area contributed by atoms with Crippen molar-refractivity contribution in [3.63, 3.8) is 0 Å². The van der Waals surface area contributed by atoms with Crippen molar-refractivity contribution < 1.29 is 0 Å². The normalized spacial score (nSPS) is 10.9. The Kier molecular flexibility index (Phi) is 3.60. The van der Waals surface area contributed by atoms with Crippen LogP contribution >= 0.6 is 0 Å². The average molecular weight is 245 g/mol. The molecule has 0 aliphatic carbocycles. The van der Waals surface area contributed by atoms with Gasteiger partial charge in [0.15, 0.2) is 5.82 Å². The van der Waals surface area contributed by atoms with Crippen LogP contribution in [0.3, 0.4) is 0 Å². The van der Waals surface area contributed by atoms with Crippen molar-refractivity contribution in [2.24, 2.45) is 0 Å². The first kappa shape index (κ1) is 12.5. The molecular formula is C13H19N5. The first-order valence-electron chi connectivity index (χ1n) is 6.25. The molecule has 2 aromatic heterocycles. The van der Waals surface area contributed by atoms with E-state index in [9.17, 15) is 0 Å². The number of rotatable bonds is 4. The minimum atomic E-state index is 0.418. The van der Waals surface area contributed by atoms with Crippen molar-refractivity contribution in [1.29, 1.82) is 0 Å². The molecule has 0 aliphatic heterocycles. The average Bonchev–Trinajstić information content (AvgIpc) is 2.81. The van der Waals surface area contributed by atoms with Crippen molar-refractivity contribution in [1.82, 2.24) is 19.7 Å². The minimum Gasteiger partial charge on any atom is -0.370 e. The summed E-state index contributed by atoms with van der Waals surface area (Å²) in [6.45, 7) is 9.15. The van der Waals surface area contributed by atoms with Gasteiger partial charge in [0.2, 0.25) is 0 Å². The van der Waals surface area contributed by atoms with E-state index in [2.05, 4.69) is 34.2 Å². The molecule has 0 aromatic carbocycles. The first-order chi connectivity index (χ1) is 8.63. The minimum absolute atomic E-state index is 0.418. The van der Waals surface area contributed by atoms with Crippen LogP contribution in [0.25, 0.3) is 5.82 Å². The van der Waals surface area contributed by atoms with Gasteiger partial charge >= 0.3 is 0 Å². The number of anilines is 1. The van der Waals surface area contributed by atoms with E-state index >= 15 is 0 Å². The Morgan fingerprint density at radius 2 is 2.11 bits per heavy atom. The maximum atomic E-state index is 4.54. The first-order valence-corrected chi connectivity index (χ1v) is 6.25. The van der Waals surface area contributed by atoms with Gasteiger partial charge in [0.25, 0.3) is 0 Å². The van der Waals surface area contributed by atoms with Crippen LogP contribution in [-0.4, -0.2) is 26.3 Å². The molecule has 18 heavy (non-hydrogen) atoms. The van der Waals surface area contributed by atoms with E-state index in [1.807, 2.05) is 30.8 Å². The Balaban J connectivity index is 2.40. The largest absolute Gasteiger partial charge is 0.370 e. The lowest BCUT2D eigenvalue weighted by Crippen LogP contribution is -2.08. The maximum absolute atomic E-state index is 4.54. The molecule has 0 atom stereocenters. The van der Waals surface area contributed by atoms with Gasteiger partial charge in [0, 0.05) is 18.3 Å². The van der Waals surface area contributed by atoms with Crippen LogP contribution in [0.5, 0.6) is 0 Å². The fourth-order valence-corrected chi connectivity index (χ4v) is 1.78. The summed E-state index contributed by atoms with van der Waals surface area (Å²) in [7, 11) is 0. The molecule has 0 spiro atoms. The third-order valence-electron chi connectivity index (χ3n) is 2.82. The Bertz CT molecular complexity index is 530. The third-order valence-corrected chi connectivity index (χ3v) is 2.82. The molecule has 0 unspecified atom stereocenters. The molecule has 0 saturated heterocycles. The maximum Gasteiger partial charge on any atom is 0.161 e. The summed E-state index contributed by atoms with van der Waals surface area (Å²) in [6.07, 6.45) is 3.51. The van der Waals surface area contributed by atoms with Gasteiger partial charge in [-0.05, 0) is 25.8 Å². The van der Waals surface area contributed by atoms with E-state index in [1.54, 1.807) is 6.33 Å². The highest BCUT2D eigenvalue weighted by molar-refractivity contribution is 5.50. The molecule has 0 fully saturated rings. The SMILES string of the molecule is CCNc1ncnc(-n2ccc(C(C)C)n2)c1C. The van der Waals surface area contributed by atoms with Crippen LogP contribution < -0.4 is 5.32 Å². The number of nitrogens with one attached hydrogen (secondary N) is 1. The summed E-state index contributed by atoms with van der Waals surface area (Å²) >= 11 is 0. The molecule has 0 amide bonds. The zero-order chi connectivity index (χ0) is 13.1. The van der Waals surface area contributed by atoms with Gasteiger partial charge in [-0.2, -0.15) is 5.10 Å². The van der Waals surface area contributed by atoms with Gasteiger partial charge < -0.3 is 5.32 Å². The van der Waals surface area contributed by atoms with Crippen molar-refractivity contribution in [2.75, 3.05) is 11.9 Å². The smallest absolute Gasteiger partial charge is 0.161 e. The zero-order valence-electron chi connectivity index (χ0n) is 11.3. The monoisotopic (exact) mass is 245 g/mol. The van der Waals surface area contributed by atoms with E-state index in [-0.39, 0.29) is 0 Å². The highest BCUT2D eigenvalue weighted by Gasteiger charge is 2.10. The number of aromatic nitrogens is 4. The lowest BCUT2D eigenvalue weighted by Gasteiger charge is -2.09. The summed E-state index contributed by atoms with van der Waals surface area (Å²) in [5.74, 6) is 2.11. The lowest BCUT2D eigenvalue weighted by atomic mass is 10.1. The van der Waals surface area contributed by atoms with Gasteiger partial charge in [-0.25, -0.2) is 14.6 Å². The number of hydrogen-bond donors (Lipinski definition) is 1. The van der Waals surface area contributed by atoms with Crippen LogP contribution in [0.1, 0.15) is 37.9 Å². The molecule has 96 valence electrons. The fraction of sp³-hybridized carbons (Fsp3) is 0.462. The molecule has 2 aromatic rings. The zero-order valence-corrected chi connectivity index (χ0v) is 11.3. The topological polar surface area (TPSA) is 55.6 Å². The van der Waals surface area contributed by atoms with Crippen LogP contribution in [-0.2, 0) is 0 Å². The summed E-state index contributed by atoms with van der Waals surface area (Å²) in [4.78, 5) is 8.55. The van der Waals surface area contributed by atoms with Gasteiger partial charge in [-0.15, -0.1) is 0 Å². The van der Waals surface area contributed by atoms with E-state index in [1.165, 1.54) is 0 Å². The van der Waals surface area contributed by atoms with Crippen LogP contribution in [0, 0.1) is 6.92 Å². The summed E-state index contributed by atoms with van der Waals surface area (Å²) in [6, 6.07) is 2.03. The van der Waals surface area contributed by atoms with Crippen molar-refractivity contribution >= 4 is 5.82 Å². The van der Waals surface area contributed by atoms with Gasteiger partial charge in [0.05, 0.1) is 5.69 Å². The predicted octanol–water partition coefficient (Wildman–Crippen LogP) is 2.53. The van der Waals surface area contributed by atoms with Gasteiger partial charge in [0.1, 0.15) is 12.1 Å². The Labute approximate surface area is 107 Å². The highest BCUT2D eigenvalue weighted by atomic mass is 15.3. The third kappa shape index (κ3) is 2.34. The molecule has 0 bridgehead atoms. The van der Waals surface area contributed by atoms with Crippen molar-refractivity contribution in [2.45, 2.75) is 33.6 Å². The molecule has 2 heterocycles. The molecule has 1 N–H and O–H groups in total. The Morgan fingerprint density at radius 3 is 2.72 bits per heavy atom. The lowest BCUT2D eigenvalue weighted by molar-refractivity contribution is 0.752. The van der Waals surface area contributed by atoms with Crippen molar-refractivity contribution in [3.8, 4) is 5.82 Å². The van der Waals surface area contributed by atoms with E-state index in [0.29, 0.717) is 5.92 Å². The van der Waals surface area contributed by atoms with Crippen LogP contribution in [0.4, 0.5) is 5.82 Å². The molecule has 0 saturated carbocycles. The molecule has 0 radical (unpaired) electrons. The Hall–Kier alpha value is -1.91. The van der Waals surface area contributed by atoms with E-state index < -0.39 is 0 Å². The second-order valence-corrected chi connectivity index (χ2v) is 4.54. The highest BCUT2D eigenvalue weighted by Crippen LogP contribution is 2.18. The summed E-state index contributed by atoms with van der Waals surface area (Å²) in [5, 5.41) is 7.76. The fourth-order valence-electron chi connectivity index (χ4n) is 1.78. The van der Waals surface area contributed by atoms with Gasteiger partial charge in [-0.1, -0.05) is 13.8 Å².